The summed E-state index contributed by atoms with van der Waals surface area (Å²) >= 11 is 5.83. The average Bonchev–Trinajstić information content (AvgIpc) is 2.81. The topological polar surface area (TPSA) is 46.3 Å². The molecule has 0 atom stereocenters. The molecule has 0 aromatic heterocycles. The summed E-state index contributed by atoms with van der Waals surface area (Å²) in [6.07, 6.45) is 4.51. The van der Waals surface area contributed by atoms with Crippen LogP contribution >= 0.6 is 11.6 Å². The number of hydrogen-bond acceptors (Lipinski definition) is 1. The van der Waals surface area contributed by atoms with Crippen LogP contribution in [0.2, 0.25) is 5.02 Å². The van der Waals surface area contributed by atoms with Crippen LogP contribution in [0.15, 0.2) is 24.3 Å². The van der Waals surface area contributed by atoms with Gasteiger partial charge >= 0.3 is 6.03 Å². The normalized spacial score (nSPS) is 16.1. The Morgan fingerprint density at radius 1 is 1.29 bits per heavy atom. The predicted molar refractivity (Wildman–Crippen MR) is 68.8 cm³/mol. The third-order valence-corrected chi connectivity index (χ3v) is 3.57. The van der Waals surface area contributed by atoms with E-state index in [0.29, 0.717) is 17.6 Å². The summed E-state index contributed by atoms with van der Waals surface area (Å²) < 4.78 is 0. The van der Waals surface area contributed by atoms with Crippen LogP contribution in [0.1, 0.15) is 31.2 Å². The maximum absolute atomic E-state index is 11.5. The van der Waals surface area contributed by atoms with E-state index in [4.69, 9.17) is 17.3 Å². The molecule has 0 heterocycles. The van der Waals surface area contributed by atoms with Gasteiger partial charge in [-0.1, -0.05) is 36.6 Å². The van der Waals surface area contributed by atoms with Crippen molar-refractivity contribution < 1.29 is 4.79 Å². The van der Waals surface area contributed by atoms with Gasteiger partial charge in [0.1, 0.15) is 0 Å². The van der Waals surface area contributed by atoms with E-state index < -0.39 is 0 Å². The van der Waals surface area contributed by atoms with Crippen LogP contribution in [-0.2, 0) is 6.54 Å². The van der Waals surface area contributed by atoms with Crippen LogP contribution in [0, 0.1) is 0 Å². The second-order valence-electron chi connectivity index (χ2n) is 4.53. The molecule has 0 saturated heterocycles. The van der Waals surface area contributed by atoms with Gasteiger partial charge in [-0.25, -0.2) is 4.79 Å². The first-order valence-corrected chi connectivity index (χ1v) is 6.35. The minimum Gasteiger partial charge on any atom is -0.351 e. The van der Waals surface area contributed by atoms with Crippen molar-refractivity contribution in [2.24, 2.45) is 5.73 Å². The van der Waals surface area contributed by atoms with Crippen molar-refractivity contribution in [1.29, 1.82) is 0 Å². The minimum absolute atomic E-state index is 0.308. The number of primary amides is 1. The Labute approximate surface area is 107 Å². The number of benzene rings is 1. The Hall–Kier alpha value is -1.22. The van der Waals surface area contributed by atoms with E-state index >= 15 is 0 Å². The number of amides is 2. The third-order valence-electron chi connectivity index (χ3n) is 3.31. The number of halogens is 1. The number of carbonyl (C=O) groups is 1. The van der Waals surface area contributed by atoms with E-state index in [2.05, 4.69) is 0 Å². The average molecular weight is 253 g/mol. The number of carbonyl (C=O) groups excluding carboxylic acids is 1. The van der Waals surface area contributed by atoms with Gasteiger partial charge in [0.2, 0.25) is 0 Å². The van der Waals surface area contributed by atoms with Crippen molar-refractivity contribution >= 4 is 17.6 Å². The first kappa shape index (κ1) is 12.2. The Morgan fingerprint density at radius 3 is 2.41 bits per heavy atom. The van der Waals surface area contributed by atoms with Crippen molar-refractivity contribution in [1.82, 2.24) is 4.90 Å². The molecule has 1 aliphatic rings. The molecule has 4 heteroatoms. The molecule has 0 bridgehead atoms. The lowest BCUT2D eigenvalue weighted by Crippen LogP contribution is -2.41. The first-order chi connectivity index (χ1) is 8.16. The summed E-state index contributed by atoms with van der Waals surface area (Å²) in [4.78, 5) is 13.3. The molecule has 1 saturated carbocycles. The van der Waals surface area contributed by atoms with Gasteiger partial charge in [-0.3, -0.25) is 0 Å². The Kier molecular flexibility index (Phi) is 3.89. The zero-order valence-corrected chi connectivity index (χ0v) is 10.5. The van der Waals surface area contributed by atoms with Crippen molar-refractivity contribution in [3.8, 4) is 0 Å². The van der Waals surface area contributed by atoms with Gasteiger partial charge in [0, 0.05) is 17.6 Å². The van der Waals surface area contributed by atoms with Gasteiger partial charge in [0.15, 0.2) is 0 Å². The van der Waals surface area contributed by atoms with E-state index in [-0.39, 0.29) is 6.03 Å². The number of rotatable bonds is 3. The second kappa shape index (κ2) is 5.41. The molecule has 92 valence electrons. The van der Waals surface area contributed by atoms with E-state index in [1.807, 2.05) is 24.3 Å². The zero-order valence-electron chi connectivity index (χ0n) is 9.73. The molecule has 0 radical (unpaired) electrons. The van der Waals surface area contributed by atoms with Gasteiger partial charge < -0.3 is 10.6 Å². The zero-order chi connectivity index (χ0) is 12.3. The highest BCUT2D eigenvalue weighted by Gasteiger charge is 2.24. The summed E-state index contributed by atoms with van der Waals surface area (Å²) in [5.41, 5.74) is 6.52. The molecule has 2 N–H and O–H groups in total. The summed E-state index contributed by atoms with van der Waals surface area (Å²) in [7, 11) is 0. The van der Waals surface area contributed by atoms with Gasteiger partial charge in [-0.05, 0) is 30.5 Å². The molecule has 0 spiro atoms. The van der Waals surface area contributed by atoms with Crippen molar-refractivity contribution in [3.63, 3.8) is 0 Å². The van der Waals surface area contributed by atoms with Crippen molar-refractivity contribution in [3.05, 3.63) is 34.9 Å². The fourth-order valence-corrected chi connectivity index (χ4v) is 2.52. The molecule has 2 amide bonds. The first-order valence-electron chi connectivity index (χ1n) is 5.97. The lowest BCUT2D eigenvalue weighted by molar-refractivity contribution is 0.180. The molecule has 1 aromatic rings. The molecule has 3 nitrogen and oxygen atoms in total. The van der Waals surface area contributed by atoms with Crippen LogP contribution < -0.4 is 5.73 Å². The lowest BCUT2D eigenvalue weighted by atomic mass is 10.1. The maximum atomic E-state index is 11.5. The Balaban J connectivity index is 2.06. The van der Waals surface area contributed by atoms with Crippen LogP contribution in [0.4, 0.5) is 4.79 Å². The summed E-state index contributed by atoms with van der Waals surface area (Å²) in [5.74, 6) is 0. The monoisotopic (exact) mass is 252 g/mol. The molecular formula is C13H17ClN2O. The summed E-state index contributed by atoms with van der Waals surface area (Å²) in [6.45, 7) is 0.581. The molecular weight excluding hydrogens is 236 g/mol. The SMILES string of the molecule is NC(=O)N(Cc1ccc(Cl)cc1)C1CCCC1. The van der Waals surface area contributed by atoms with Gasteiger partial charge in [0.05, 0.1) is 0 Å². The highest BCUT2D eigenvalue weighted by Crippen LogP contribution is 2.25. The van der Waals surface area contributed by atoms with E-state index in [1.54, 1.807) is 4.90 Å². The van der Waals surface area contributed by atoms with Crippen LogP contribution in [0.3, 0.4) is 0 Å². The molecule has 1 fully saturated rings. The molecule has 2 rings (SSSR count). The highest BCUT2D eigenvalue weighted by molar-refractivity contribution is 6.30. The van der Waals surface area contributed by atoms with Crippen molar-refractivity contribution in [2.45, 2.75) is 38.3 Å². The quantitative estimate of drug-likeness (QED) is 0.883. The fraction of sp³-hybridized carbons (Fsp3) is 0.462. The molecule has 1 aliphatic carbocycles. The lowest BCUT2D eigenvalue weighted by Gasteiger charge is -2.27. The fourth-order valence-electron chi connectivity index (χ4n) is 2.39. The smallest absolute Gasteiger partial charge is 0.315 e. The molecule has 0 aliphatic heterocycles. The maximum Gasteiger partial charge on any atom is 0.315 e. The van der Waals surface area contributed by atoms with Crippen LogP contribution in [0.5, 0.6) is 0 Å². The Morgan fingerprint density at radius 2 is 1.88 bits per heavy atom. The van der Waals surface area contributed by atoms with E-state index in [0.717, 1.165) is 18.4 Å². The molecule has 0 unspecified atom stereocenters. The van der Waals surface area contributed by atoms with Crippen molar-refractivity contribution in [2.75, 3.05) is 0 Å². The highest BCUT2D eigenvalue weighted by atomic mass is 35.5. The molecule has 1 aromatic carbocycles. The van der Waals surface area contributed by atoms with Gasteiger partial charge in [-0.15, -0.1) is 0 Å². The third kappa shape index (κ3) is 3.13. The predicted octanol–water partition coefficient (Wildman–Crippen LogP) is 3.16. The number of urea groups is 1. The number of nitrogens with two attached hydrogens (primary N) is 1. The standard InChI is InChI=1S/C13H17ClN2O/c14-11-7-5-10(6-8-11)9-16(13(15)17)12-3-1-2-4-12/h5-8,12H,1-4,9H2,(H2,15,17). The van der Waals surface area contributed by atoms with Crippen LogP contribution in [-0.4, -0.2) is 17.0 Å². The molecule has 17 heavy (non-hydrogen) atoms. The summed E-state index contributed by atoms with van der Waals surface area (Å²) in [6, 6.07) is 7.53. The van der Waals surface area contributed by atoms with Gasteiger partial charge in [-0.2, -0.15) is 0 Å². The minimum atomic E-state index is -0.327. The number of nitrogens with zero attached hydrogens (tertiary/aromatic N) is 1. The van der Waals surface area contributed by atoms with Gasteiger partial charge in [0.25, 0.3) is 0 Å². The number of hydrogen-bond donors (Lipinski definition) is 1. The van der Waals surface area contributed by atoms with E-state index in [1.165, 1.54) is 12.8 Å². The Bertz CT molecular complexity index is 385. The second-order valence-corrected chi connectivity index (χ2v) is 4.97. The van der Waals surface area contributed by atoms with Crippen LogP contribution in [0.25, 0.3) is 0 Å². The van der Waals surface area contributed by atoms with E-state index in [9.17, 15) is 4.79 Å². The largest absolute Gasteiger partial charge is 0.351 e. The summed E-state index contributed by atoms with van der Waals surface area (Å²) in [5, 5.41) is 0.709.